The quantitative estimate of drug-likeness (QED) is 0.616. The van der Waals surface area contributed by atoms with Crippen LogP contribution in [0.1, 0.15) is 31.3 Å². The van der Waals surface area contributed by atoms with Crippen molar-refractivity contribution in [2.24, 2.45) is 7.05 Å². The molecule has 0 saturated carbocycles. The van der Waals surface area contributed by atoms with Crippen LogP contribution in [0.25, 0.3) is 0 Å². The van der Waals surface area contributed by atoms with Crippen LogP contribution in [-0.2, 0) is 11.8 Å². The Bertz CT molecular complexity index is 310. The highest BCUT2D eigenvalue weighted by Crippen LogP contribution is 2.10. The first-order valence-electron chi connectivity index (χ1n) is 4.10. The summed E-state index contributed by atoms with van der Waals surface area (Å²) in [6.07, 6.45) is 3.06. The molecule has 4 heteroatoms. The molecule has 0 bridgehead atoms. The van der Waals surface area contributed by atoms with Crippen LogP contribution in [0.5, 0.6) is 0 Å². The Hall–Kier alpha value is -1.32. The monoisotopic (exact) mass is 182 g/mol. The van der Waals surface area contributed by atoms with E-state index in [-0.39, 0.29) is 5.97 Å². The number of hydrogen-bond donors (Lipinski definition) is 0. The number of nitrogens with zero attached hydrogens (tertiary/aromatic N) is 2. The van der Waals surface area contributed by atoms with E-state index in [9.17, 15) is 4.79 Å². The van der Waals surface area contributed by atoms with Gasteiger partial charge in [0.05, 0.1) is 12.5 Å². The van der Waals surface area contributed by atoms with Crippen molar-refractivity contribution < 1.29 is 9.53 Å². The fourth-order valence-electron chi connectivity index (χ4n) is 0.884. The molecule has 0 atom stereocenters. The molecular weight excluding hydrogens is 168 g/mol. The number of carbonyl (C=O) groups excluding carboxylic acids is 1. The first-order valence-corrected chi connectivity index (χ1v) is 4.10. The van der Waals surface area contributed by atoms with E-state index in [1.165, 1.54) is 6.20 Å². The standard InChI is InChI=1S/C9H14N2O2/c1-9(2,3)13-8(12)7-5-10-6-11(7)4/h5-6H,1-4H3. The topological polar surface area (TPSA) is 44.1 Å². The van der Waals surface area contributed by atoms with Crippen molar-refractivity contribution in [3.05, 3.63) is 18.2 Å². The predicted molar refractivity (Wildman–Crippen MR) is 48.4 cm³/mol. The second-order valence-electron chi connectivity index (χ2n) is 3.89. The van der Waals surface area contributed by atoms with Crippen molar-refractivity contribution >= 4 is 5.97 Å². The zero-order chi connectivity index (χ0) is 10.1. The third-order valence-corrected chi connectivity index (χ3v) is 1.42. The Morgan fingerprint density at radius 1 is 1.54 bits per heavy atom. The van der Waals surface area contributed by atoms with Crippen molar-refractivity contribution in [3.8, 4) is 0 Å². The van der Waals surface area contributed by atoms with Gasteiger partial charge in [-0.2, -0.15) is 0 Å². The lowest BCUT2D eigenvalue weighted by molar-refractivity contribution is 0.00590. The third kappa shape index (κ3) is 2.57. The van der Waals surface area contributed by atoms with Gasteiger partial charge in [0.2, 0.25) is 0 Å². The molecule has 0 amide bonds. The van der Waals surface area contributed by atoms with E-state index in [1.807, 2.05) is 20.8 Å². The summed E-state index contributed by atoms with van der Waals surface area (Å²) in [6.45, 7) is 5.50. The molecule has 0 aliphatic carbocycles. The van der Waals surface area contributed by atoms with E-state index >= 15 is 0 Å². The van der Waals surface area contributed by atoms with E-state index in [2.05, 4.69) is 4.98 Å². The van der Waals surface area contributed by atoms with Gasteiger partial charge in [0.15, 0.2) is 0 Å². The fourth-order valence-corrected chi connectivity index (χ4v) is 0.884. The van der Waals surface area contributed by atoms with E-state index in [0.29, 0.717) is 5.69 Å². The highest BCUT2D eigenvalue weighted by molar-refractivity contribution is 5.87. The lowest BCUT2D eigenvalue weighted by Crippen LogP contribution is -2.25. The van der Waals surface area contributed by atoms with Crippen LogP contribution in [-0.4, -0.2) is 21.1 Å². The van der Waals surface area contributed by atoms with Crippen LogP contribution in [0, 0.1) is 0 Å². The average Bonchev–Trinajstić information content (AvgIpc) is 2.30. The Kier molecular flexibility index (Phi) is 2.40. The van der Waals surface area contributed by atoms with Crippen molar-refractivity contribution in [3.63, 3.8) is 0 Å². The average molecular weight is 182 g/mol. The van der Waals surface area contributed by atoms with E-state index in [4.69, 9.17) is 4.74 Å². The molecule has 13 heavy (non-hydrogen) atoms. The van der Waals surface area contributed by atoms with Gasteiger partial charge in [0.25, 0.3) is 0 Å². The van der Waals surface area contributed by atoms with Gasteiger partial charge in [-0.15, -0.1) is 0 Å². The maximum atomic E-state index is 11.5. The molecule has 0 aliphatic heterocycles. The Balaban J connectivity index is 2.76. The predicted octanol–water partition coefficient (Wildman–Crippen LogP) is 1.38. The number of aromatic nitrogens is 2. The van der Waals surface area contributed by atoms with Gasteiger partial charge in [-0.25, -0.2) is 9.78 Å². The molecule has 0 N–H and O–H groups in total. The van der Waals surface area contributed by atoms with Gasteiger partial charge in [-0.1, -0.05) is 0 Å². The van der Waals surface area contributed by atoms with Crippen LogP contribution in [0.3, 0.4) is 0 Å². The molecule has 1 aromatic rings. The molecular formula is C9H14N2O2. The van der Waals surface area contributed by atoms with Gasteiger partial charge >= 0.3 is 5.97 Å². The summed E-state index contributed by atoms with van der Waals surface area (Å²) in [5.74, 6) is -0.340. The minimum Gasteiger partial charge on any atom is -0.455 e. The number of ether oxygens (including phenoxy) is 1. The fraction of sp³-hybridized carbons (Fsp3) is 0.556. The van der Waals surface area contributed by atoms with Gasteiger partial charge in [0.1, 0.15) is 11.3 Å². The molecule has 0 aromatic carbocycles. The molecule has 1 rings (SSSR count). The number of carbonyl (C=O) groups is 1. The second kappa shape index (κ2) is 3.20. The van der Waals surface area contributed by atoms with E-state index in [0.717, 1.165) is 0 Å². The Morgan fingerprint density at radius 2 is 2.15 bits per heavy atom. The van der Waals surface area contributed by atoms with Crippen LogP contribution in [0.4, 0.5) is 0 Å². The number of rotatable bonds is 1. The van der Waals surface area contributed by atoms with Crippen LogP contribution in [0.2, 0.25) is 0 Å². The first-order chi connectivity index (χ1) is 5.90. The highest BCUT2D eigenvalue weighted by Gasteiger charge is 2.19. The molecule has 0 saturated heterocycles. The Morgan fingerprint density at radius 3 is 2.54 bits per heavy atom. The molecule has 1 aromatic heterocycles. The Labute approximate surface area is 77.5 Å². The summed E-state index contributed by atoms with van der Waals surface area (Å²) in [6, 6.07) is 0. The highest BCUT2D eigenvalue weighted by atomic mass is 16.6. The van der Waals surface area contributed by atoms with Crippen molar-refractivity contribution in [1.29, 1.82) is 0 Å². The van der Waals surface area contributed by atoms with E-state index < -0.39 is 5.60 Å². The van der Waals surface area contributed by atoms with Crippen LogP contribution in [0.15, 0.2) is 12.5 Å². The number of aryl methyl sites for hydroxylation is 1. The summed E-state index contributed by atoms with van der Waals surface area (Å²) in [7, 11) is 1.76. The summed E-state index contributed by atoms with van der Waals surface area (Å²) in [5, 5.41) is 0. The zero-order valence-electron chi connectivity index (χ0n) is 8.37. The molecule has 0 fully saturated rings. The zero-order valence-corrected chi connectivity index (χ0v) is 8.37. The van der Waals surface area contributed by atoms with Gasteiger partial charge in [-0.05, 0) is 20.8 Å². The van der Waals surface area contributed by atoms with Crippen molar-refractivity contribution in [1.82, 2.24) is 9.55 Å². The van der Waals surface area contributed by atoms with Crippen LogP contribution >= 0.6 is 0 Å². The minimum atomic E-state index is -0.457. The maximum Gasteiger partial charge on any atom is 0.357 e. The molecule has 0 aliphatic rings. The van der Waals surface area contributed by atoms with E-state index in [1.54, 1.807) is 17.9 Å². The first kappa shape index (κ1) is 9.77. The van der Waals surface area contributed by atoms with Crippen molar-refractivity contribution in [2.75, 3.05) is 0 Å². The van der Waals surface area contributed by atoms with Gasteiger partial charge in [-0.3, -0.25) is 0 Å². The summed E-state index contributed by atoms with van der Waals surface area (Å²) >= 11 is 0. The largest absolute Gasteiger partial charge is 0.455 e. The molecule has 0 spiro atoms. The lowest BCUT2D eigenvalue weighted by Gasteiger charge is -2.19. The molecule has 0 unspecified atom stereocenters. The molecule has 1 heterocycles. The molecule has 0 radical (unpaired) electrons. The maximum absolute atomic E-state index is 11.5. The summed E-state index contributed by atoms with van der Waals surface area (Å²) in [4.78, 5) is 15.3. The smallest absolute Gasteiger partial charge is 0.357 e. The minimum absolute atomic E-state index is 0.340. The van der Waals surface area contributed by atoms with Gasteiger partial charge in [0, 0.05) is 7.05 Å². The summed E-state index contributed by atoms with van der Waals surface area (Å²) < 4.78 is 6.80. The SMILES string of the molecule is Cn1cncc1C(=O)OC(C)(C)C. The number of hydrogen-bond acceptors (Lipinski definition) is 3. The van der Waals surface area contributed by atoms with Crippen LogP contribution < -0.4 is 0 Å². The van der Waals surface area contributed by atoms with Crippen molar-refractivity contribution in [2.45, 2.75) is 26.4 Å². The normalized spacial score (nSPS) is 11.4. The second-order valence-corrected chi connectivity index (χ2v) is 3.89. The molecule has 4 nitrogen and oxygen atoms in total. The lowest BCUT2D eigenvalue weighted by atomic mass is 10.2. The molecule has 72 valence electrons. The van der Waals surface area contributed by atoms with Gasteiger partial charge < -0.3 is 9.30 Å². The summed E-state index contributed by atoms with van der Waals surface area (Å²) in [5.41, 5.74) is 0.0105. The third-order valence-electron chi connectivity index (χ3n) is 1.42. The number of esters is 1. The number of imidazole rings is 1.